The number of nitrogen functional groups attached to an aromatic ring is 1. The summed E-state index contributed by atoms with van der Waals surface area (Å²) >= 11 is 1.56. The second-order valence-electron chi connectivity index (χ2n) is 4.20. The van der Waals surface area contributed by atoms with Crippen LogP contribution in [0.3, 0.4) is 0 Å². The van der Waals surface area contributed by atoms with E-state index in [4.69, 9.17) is 5.73 Å². The van der Waals surface area contributed by atoms with Gasteiger partial charge in [0.25, 0.3) is 5.69 Å². The Morgan fingerprint density at radius 2 is 2.00 bits per heavy atom. The fraction of sp³-hybridized carbons (Fsp3) is 0.143. The fourth-order valence-corrected chi connectivity index (χ4v) is 2.81. The van der Waals surface area contributed by atoms with Crippen molar-refractivity contribution < 1.29 is 4.92 Å². The number of nitrogens with zero attached hydrogens (tertiary/aromatic N) is 1. The van der Waals surface area contributed by atoms with Crippen molar-refractivity contribution in [2.75, 3.05) is 5.73 Å². The van der Waals surface area contributed by atoms with Crippen LogP contribution >= 0.6 is 11.8 Å². The van der Waals surface area contributed by atoms with E-state index in [0.29, 0.717) is 11.4 Å². The molecule has 5 heteroatoms. The molecule has 0 saturated carbocycles. The second kappa shape index (κ2) is 5.75. The molecule has 98 valence electrons. The maximum absolute atomic E-state index is 10.9. The third kappa shape index (κ3) is 3.26. The third-order valence-electron chi connectivity index (χ3n) is 2.78. The molecule has 0 unspecified atom stereocenters. The lowest BCUT2D eigenvalue weighted by Gasteiger charge is -2.07. The molecule has 2 N–H and O–H groups in total. The zero-order valence-corrected chi connectivity index (χ0v) is 11.3. The van der Waals surface area contributed by atoms with Gasteiger partial charge in [0.1, 0.15) is 0 Å². The minimum absolute atomic E-state index is 0.163. The predicted molar refractivity (Wildman–Crippen MR) is 78.2 cm³/mol. The zero-order valence-electron chi connectivity index (χ0n) is 10.5. The molecule has 0 heterocycles. The number of hydrogen-bond acceptors (Lipinski definition) is 4. The lowest BCUT2D eigenvalue weighted by molar-refractivity contribution is -0.385. The minimum Gasteiger partial charge on any atom is -0.399 e. The maximum Gasteiger partial charge on any atom is 0.273 e. The quantitative estimate of drug-likeness (QED) is 0.399. The standard InChI is InChI=1S/C14H14N2O2S/c1-10-6-7-12(15)8-14(10)19-9-11-4-2-3-5-13(11)16(17)18/h2-8H,9,15H2,1H3. The van der Waals surface area contributed by atoms with Crippen molar-refractivity contribution in [3.63, 3.8) is 0 Å². The van der Waals surface area contributed by atoms with Crippen molar-refractivity contribution in [1.29, 1.82) is 0 Å². The Morgan fingerprint density at radius 1 is 1.26 bits per heavy atom. The van der Waals surface area contributed by atoms with E-state index in [-0.39, 0.29) is 10.6 Å². The first kappa shape index (κ1) is 13.4. The first-order chi connectivity index (χ1) is 9.08. The molecule has 2 rings (SSSR count). The van der Waals surface area contributed by atoms with E-state index in [1.165, 1.54) is 6.07 Å². The Hall–Kier alpha value is -2.01. The predicted octanol–water partition coefficient (Wildman–Crippen LogP) is 3.78. The molecular weight excluding hydrogens is 260 g/mol. The number of nitro groups is 1. The number of aryl methyl sites for hydroxylation is 1. The van der Waals surface area contributed by atoms with E-state index in [0.717, 1.165) is 16.0 Å². The highest BCUT2D eigenvalue weighted by Gasteiger charge is 2.12. The van der Waals surface area contributed by atoms with Crippen molar-refractivity contribution in [2.45, 2.75) is 17.6 Å². The van der Waals surface area contributed by atoms with Gasteiger partial charge in [-0.2, -0.15) is 0 Å². The van der Waals surface area contributed by atoms with Crippen LogP contribution in [0.1, 0.15) is 11.1 Å². The summed E-state index contributed by atoms with van der Waals surface area (Å²) in [4.78, 5) is 11.6. The molecule has 19 heavy (non-hydrogen) atoms. The number of thioether (sulfide) groups is 1. The lowest BCUT2D eigenvalue weighted by atomic mass is 10.2. The molecule has 0 bridgehead atoms. The summed E-state index contributed by atoms with van der Waals surface area (Å²) < 4.78 is 0. The summed E-state index contributed by atoms with van der Waals surface area (Å²) in [5.74, 6) is 0.557. The van der Waals surface area contributed by atoms with Crippen LogP contribution in [-0.2, 0) is 5.75 Å². The van der Waals surface area contributed by atoms with Crippen LogP contribution < -0.4 is 5.73 Å². The Labute approximate surface area is 115 Å². The fourth-order valence-electron chi connectivity index (χ4n) is 1.74. The van der Waals surface area contributed by atoms with E-state index in [1.54, 1.807) is 23.9 Å². The molecule has 0 aliphatic rings. The molecule has 0 radical (unpaired) electrons. The smallest absolute Gasteiger partial charge is 0.273 e. The second-order valence-corrected chi connectivity index (χ2v) is 5.22. The summed E-state index contributed by atoms with van der Waals surface area (Å²) in [7, 11) is 0. The molecule has 0 amide bonds. The monoisotopic (exact) mass is 274 g/mol. The van der Waals surface area contributed by atoms with Gasteiger partial charge in [0.05, 0.1) is 4.92 Å². The minimum atomic E-state index is -0.345. The Kier molecular flexibility index (Phi) is 4.06. The van der Waals surface area contributed by atoms with Crippen molar-refractivity contribution >= 4 is 23.1 Å². The van der Waals surface area contributed by atoms with Crippen LogP contribution in [-0.4, -0.2) is 4.92 Å². The van der Waals surface area contributed by atoms with Gasteiger partial charge in [0.2, 0.25) is 0 Å². The number of rotatable bonds is 4. The van der Waals surface area contributed by atoms with Gasteiger partial charge < -0.3 is 5.73 Å². The Morgan fingerprint density at radius 3 is 2.74 bits per heavy atom. The Bertz CT molecular complexity index is 614. The zero-order chi connectivity index (χ0) is 13.8. The third-order valence-corrected chi connectivity index (χ3v) is 3.99. The lowest BCUT2D eigenvalue weighted by Crippen LogP contribution is -1.94. The normalized spacial score (nSPS) is 10.4. The summed E-state index contributed by atoms with van der Waals surface area (Å²) in [6, 6.07) is 12.5. The van der Waals surface area contributed by atoms with E-state index in [1.807, 2.05) is 31.2 Å². The van der Waals surface area contributed by atoms with Gasteiger partial charge in [0, 0.05) is 28.0 Å². The van der Waals surface area contributed by atoms with Crippen LogP contribution in [0.2, 0.25) is 0 Å². The molecule has 2 aromatic rings. The molecule has 0 aliphatic heterocycles. The first-order valence-corrected chi connectivity index (χ1v) is 6.77. The van der Waals surface area contributed by atoms with E-state index >= 15 is 0 Å². The van der Waals surface area contributed by atoms with Gasteiger partial charge in [-0.05, 0) is 24.6 Å². The molecular formula is C14H14N2O2S. The molecule has 0 atom stereocenters. The highest BCUT2D eigenvalue weighted by molar-refractivity contribution is 7.98. The van der Waals surface area contributed by atoms with E-state index < -0.39 is 0 Å². The van der Waals surface area contributed by atoms with Gasteiger partial charge in [0.15, 0.2) is 0 Å². The van der Waals surface area contributed by atoms with Crippen molar-refractivity contribution in [2.24, 2.45) is 0 Å². The number of nitrogens with two attached hydrogens (primary N) is 1. The van der Waals surface area contributed by atoms with Crippen molar-refractivity contribution in [1.82, 2.24) is 0 Å². The average Bonchev–Trinajstić information content (AvgIpc) is 2.40. The molecule has 4 nitrogen and oxygen atoms in total. The molecule has 0 fully saturated rings. The molecule has 0 aromatic heterocycles. The number of anilines is 1. The maximum atomic E-state index is 10.9. The van der Waals surface area contributed by atoms with Crippen LogP contribution in [0.5, 0.6) is 0 Å². The van der Waals surface area contributed by atoms with E-state index in [2.05, 4.69) is 0 Å². The number of para-hydroxylation sites is 1. The highest BCUT2D eigenvalue weighted by Crippen LogP contribution is 2.30. The summed E-state index contributed by atoms with van der Waals surface area (Å²) in [6.07, 6.45) is 0. The molecule has 2 aromatic carbocycles. The number of nitro benzene ring substituents is 1. The summed E-state index contributed by atoms with van der Waals surface area (Å²) in [5, 5.41) is 10.9. The molecule has 0 aliphatic carbocycles. The largest absolute Gasteiger partial charge is 0.399 e. The summed E-state index contributed by atoms with van der Waals surface area (Å²) in [6.45, 7) is 2.00. The first-order valence-electron chi connectivity index (χ1n) is 5.79. The van der Waals surface area contributed by atoms with Crippen LogP contribution in [0.25, 0.3) is 0 Å². The van der Waals surface area contributed by atoms with Gasteiger partial charge in [-0.25, -0.2) is 0 Å². The SMILES string of the molecule is Cc1ccc(N)cc1SCc1ccccc1[N+](=O)[O-]. The van der Waals surface area contributed by atoms with Gasteiger partial charge in [-0.1, -0.05) is 24.3 Å². The molecule has 0 saturated heterocycles. The van der Waals surface area contributed by atoms with Crippen LogP contribution in [0.4, 0.5) is 11.4 Å². The Balaban J connectivity index is 2.19. The number of benzene rings is 2. The molecule has 0 spiro atoms. The summed E-state index contributed by atoms with van der Waals surface area (Å²) in [5.41, 5.74) is 8.47. The topological polar surface area (TPSA) is 69.2 Å². The van der Waals surface area contributed by atoms with Gasteiger partial charge >= 0.3 is 0 Å². The van der Waals surface area contributed by atoms with Gasteiger partial charge in [-0.15, -0.1) is 11.8 Å². The van der Waals surface area contributed by atoms with Gasteiger partial charge in [-0.3, -0.25) is 10.1 Å². The van der Waals surface area contributed by atoms with Crippen molar-refractivity contribution in [3.05, 3.63) is 63.7 Å². The van der Waals surface area contributed by atoms with Crippen LogP contribution in [0, 0.1) is 17.0 Å². The number of hydrogen-bond donors (Lipinski definition) is 1. The van der Waals surface area contributed by atoms with Crippen LogP contribution in [0.15, 0.2) is 47.4 Å². The average molecular weight is 274 g/mol. The van der Waals surface area contributed by atoms with Crippen molar-refractivity contribution in [3.8, 4) is 0 Å². The van der Waals surface area contributed by atoms with E-state index in [9.17, 15) is 10.1 Å². The highest BCUT2D eigenvalue weighted by atomic mass is 32.2.